The first kappa shape index (κ1) is 22.7. The van der Waals surface area contributed by atoms with Crippen LogP contribution in [0.1, 0.15) is 20.3 Å². The Hall–Kier alpha value is -2.03. The van der Waals surface area contributed by atoms with Gasteiger partial charge in [-0.15, -0.1) is 0 Å². The number of piperazine rings is 1. The first-order chi connectivity index (χ1) is 14.1. The van der Waals surface area contributed by atoms with E-state index in [1.165, 1.54) is 7.11 Å². The first-order valence-corrected chi connectivity index (χ1v) is 10.5. The molecule has 0 spiro atoms. The monoisotopic (exact) mass is 456 g/mol. The lowest BCUT2D eigenvalue weighted by Gasteiger charge is -2.42. The van der Waals surface area contributed by atoms with Crippen LogP contribution in [0.3, 0.4) is 0 Å². The van der Waals surface area contributed by atoms with E-state index in [0.717, 1.165) is 5.69 Å². The zero-order chi connectivity index (χ0) is 22.1. The SMILES string of the molecule is COCC(CC1(C)NC(=O)NC1=O)C(=O)N1CCN(c2cc(Cl)cc(Cl)c2)[C@@H](C)C1. The standard InChI is InChI=1S/C20H26Cl2N4O4/c1-12-10-25(4-5-26(12)16-7-14(21)6-15(22)8-16)17(27)13(11-30-3)9-20(2)18(28)23-19(29)24-20/h6-8,12-13H,4-5,9-11H2,1-3H3,(H2,23,24,28,29)/t12-,13?,20?/m0/s1. The van der Waals surface area contributed by atoms with Crippen LogP contribution in [0.4, 0.5) is 10.5 Å². The zero-order valence-corrected chi connectivity index (χ0v) is 18.7. The van der Waals surface area contributed by atoms with E-state index in [9.17, 15) is 14.4 Å². The predicted octanol–water partition coefficient (Wildman–Crippen LogP) is 2.28. The molecule has 10 heteroatoms. The maximum atomic E-state index is 13.2. The number of carbonyl (C=O) groups excluding carboxylic acids is 3. The lowest BCUT2D eigenvalue weighted by atomic mass is 9.88. The van der Waals surface area contributed by atoms with E-state index >= 15 is 0 Å². The van der Waals surface area contributed by atoms with E-state index < -0.39 is 23.4 Å². The third-order valence-electron chi connectivity index (χ3n) is 5.61. The number of imide groups is 1. The molecule has 1 aromatic rings. The van der Waals surface area contributed by atoms with Crippen LogP contribution in [0.25, 0.3) is 0 Å². The molecule has 2 heterocycles. The molecule has 4 amide bonds. The molecule has 2 saturated heterocycles. The number of anilines is 1. The Balaban J connectivity index is 1.69. The van der Waals surface area contributed by atoms with Crippen molar-refractivity contribution in [3.8, 4) is 0 Å². The van der Waals surface area contributed by atoms with Crippen molar-refractivity contribution in [3.63, 3.8) is 0 Å². The highest BCUT2D eigenvalue weighted by atomic mass is 35.5. The van der Waals surface area contributed by atoms with Crippen molar-refractivity contribution < 1.29 is 19.1 Å². The highest BCUT2D eigenvalue weighted by Gasteiger charge is 2.45. The summed E-state index contributed by atoms with van der Waals surface area (Å²) in [5.41, 5.74) is -0.223. The summed E-state index contributed by atoms with van der Waals surface area (Å²) in [7, 11) is 1.51. The maximum absolute atomic E-state index is 13.2. The molecular formula is C20H26Cl2N4O4. The fourth-order valence-electron chi connectivity index (χ4n) is 4.14. The summed E-state index contributed by atoms with van der Waals surface area (Å²) >= 11 is 12.3. The van der Waals surface area contributed by atoms with E-state index in [1.54, 1.807) is 17.9 Å². The second kappa shape index (κ2) is 8.99. The fourth-order valence-corrected chi connectivity index (χ4v) is 4.65. The number of rotatable bonds is 6. The number of ether oxygens (including phenoxy) is 1. The minimum atomic E-state index is -1.14. The largest absolute Gasteiger partial charge is 0.384 e. The Morgan fingerprint density at radius 1 is 1.27 bits per heavy atom. The van der Waals surface area contributed by atoms with Crippen molar-refractivity contribution in [2.24, 2.45) is 5.92 Å². The molecule has 0 saturated carbocycles. The van der Waals surface area contributed by atoms with E-state index in [-0.39, 0.29) is 25.0 Å². The molecular weight excluding hydrogens is 431 g/mol. The van der Waals surface area contributed by atoms with Gasteiger partial charge in [-0.25, -0.2) is 4.79 Å². The summed E-state index contributed by atoms with van der Waals surface area (Å²) in [5, 5.41) is 5.97. The van der Waals surface area contributed by atoms with Gasteiger partial charge in [0.25, 0.3) is 5.91 Å². The Kier molecular flexibility index (Phi) is 6.79. The number of carbonyl (C=O) groups is 3. The van der Waals surface area contributed by atoms with E-state index in [0.29, 0.717) is 29.7 Å². The van der Waals surface area contributed by atoms with Gasteiger partial charge < -0.3 is 19.9 Å². The van der Waals surface area contributed by atoms with Crippen LogP contribution in [0.15, 0.2) is 18.2 Å². The Morgan fingerprint density at radius 3 is 2.47 bits per heavy atom. The molecule has 8 nitrogen and oxygen atoms in total. The van der Waals surface area contributed by atoms with E-state index in [2.05, 4.69) is 15.5 Å². The number of hydrogen-bond donors (Lipinski definition) is 2. The molecule has 0 aromatic heterocycles. The lowest BCUT2D eigenvalue weighted by molar-refractivity contribution is -0.139. The molecule has 30 heavy (non-hydrogen) atoms. The average Bonchev–Trinajstić information content (AvgIpc) is 2.91. The van der Waals surface area contributed by atoms with Gasteiger partial charge in [0.05, 0.1) is 12.5 Å². The average molecular weight is 457 g/mol. The quantitative estimate of drug-likeness (QED) is 0.640. The fraction of sp³-hybridized carbons (Fsp3) is 0.550. The number of hydrogen-bond acceptors (Lipinski definition) is 5. The molecule has 0 aliphatic carbocycles. The molecule has 3 rings (SSSR count). The Morgan fingerprint density at radius 2 is 1.93 bits per heavy atom. The predicted molar refractivity (Wildman–Crippen MR) is 115 cm³/mol. The molecule has 3 atom stereocenters. The molecule has 2 fully saturated rings. The van der Waals surface area contributed by atoms with Crippen molar-refractivity contribution in [1.82, 2.24) is 15.5 Å². The van der Waals surface area contributed by atoms with Gasteiger partial charge in [0.15, 0.2) is 0 Å². The summed E-state index contributed by atoms with van der Waals surface area (Å²) in [6.45, 7) is 5.47. The summed E-state index contributed by atoms with van der Waals surface area (Å²) in [6, 6.07) is 4.90. The Bertz CT molecular complexity index is 832. The third kappa shape index (κ3) is 4.82. The number of urea groups is 1. The summed E-state index contributed by atoms with van der Waals surface area (Å²) < 4.78 is 5.25. The van der Waals surface area contributed by atoms with Crippen molar-refractivity contribution in [2.45, 2.75) is 31.8 Å². The second-order valence-electron chi connectivity index (χ2n) is 8.05. The number of amides is 4. The second-order valence-corrected chi connectivity index (χ2v) is 8.92. The van der Waals surface area contributed by atoms with Crippen LogP contribution in [0.5, 0.6) is 0 Å². The van der Waals surface area contributed by atoms with Gasteiger partial charge in [-0.3, -0.25) is 14.9 Å². The van der Waals surface area contributed by atoms with Crippen molar-refractivity contribution >= 4 is 46.7 Å². The molecule has 1 aromatic carbocycles. The van der Waals surface area contributed by atoms with Gasteiger partial charge in [-0.2, -0.15) is 0 Å². The van der Waals surface area contributed by atoms with Gasteiger partial charge in [-0.1, -0.05) is 23.2 Å². The molecule has 0 radical (unpaired) electrons. The van der Waals surface area contributed by atoms with Gasteiger partial charge >= 0.3 is 6.03 Å². The summed E-state index contributed by atoms with van der Waals surface area (Å²) in [6.07, 6.45) is 0.162. The van der Waals surface area contributed by atoms with Crippen molar-refractivity contribution in [1.29, 1.82) is 0 Å². The molecule has 164 valence electrons. The highest BCUT2D eigenvalue weighted by molar-refractivity contribution is 6.35. The molecule has 2 aliphatic rings. The Labute approximate surface area is 185 Å². The minimum Gasteiger partial charge on any atom is -0.384 e. The van der Waals surface area contributed by atoms with Crippen LogP contribution in [0, 0.1) is 5.92 Å². The van der Waals surface area contributed by atoms with Crippen molar-refractivity contribution in [2.75, 3.05) is 38.3 Å². The smallest absolute Gasteiger partial charge is 0.322 e. The topological polar surface area (TPSA) is 91.0 Å². The highest BCUT2D eigenvalue weighted by Crippen LogP contribution is 2.29. The van der Waals surface area contributed by atoms with E-state index in [4.69, 9.17) is 27.9 Å². The normalized spacial score (nSPS) is 25.2. The van der Waals surface area contributed by atoms with Crippen LogP contribution in [-0.4, -0.2) is 67.7 Å². The minimum absolute atomic E-state index is 0.0468. The summed E-state index contributed by atoms with van der Waals surface area (Å²) in [4.78, 5) is 40.9. The first-order valence-electron chi connectivity index (χ1n) is 9.77. The zero-order valence-electron chi connectivity index (χ0n) is 17.2. The van der Waals surface area contributed by atoms with Crippen molar-refractivity contribution in [3.05, 3.63) is 28.2 Å². The van der Waals surface area contributed by atoms with Gasteiger partial charge in [0.2, 0.25) is 5.91 Å². The molecule has 2 aliphatic heterocycles. The number of halogens is 2. The molecule has 0 bridgehead atoms. The van der Waals surface area contributed by atoms with Gasteiger partial charge in [0.1, 0.15) is 5.54 Å². The van der Waals surface area contributed by atoms with Crippen LogP contribution in [-0.2, 0) is 14.3 Å². The molecule has 2 N–H and O–H groups in total. The van der Waals surface area contributed by atoms with Gasteiger partial charge in [0, 0.05) is 48.5 Å². The van der Waals surface area contributed by atoms with Gasteiger partial charge in [-0.05, 0) is 38.5 Å². The van der Waals surface area contributed by atoms with Crippen LogP contribution >= 0.6 is 23.2 Å². The van der Waals surface area contributed by atoms with E-state index in [1.807, 2.05) is 19.1 Å². The number of methoxy groups -OCH3 is 1. The molecule has 2 unspecified atom stereocenters. The number of benzene rings is 1. The number of nitrogens with one attached hydrogen (secondary N) is 2. The lowest BCUT2D eigenvalue weighted by Crippen LogP contribution is -2.56. The van der Waals surface area contributed by atoms with Crippen LogP contribution in [0.2, 0.25) is 10.0 Å². The van der Waals surface area contributed by atoms with Crippen LogP contribution < -0.4 is 15.5 Å². The maximum Gasteiger partial charge on any atom is 0.322 e. The number of nitrogens with zero attached hydrogens (tertiary/aromatic N) is 2. The summed E-state index contributed by atoms with van der Waals surface area (Å²) in [5.74, 6) is -1.08. The third-order valence-corrected chi connectivity index (χ3v) is 6.04.